The quantitative estimate of drug-likeness (QED) is 0.370. The zero-order valence-electron chi connectivity index (χ0n) is 21.7. The van der Waals surface area contributed by atoms with E-state index in [4.69, 9.17) is 23.7 Å². The maximum atomic E-state index is 12.6. The lowest BCUT2D eigenvalue weighted by molar-refractivity contribution is -0.148. The molecule has 0 bridgehead atoms. The van der Waals surface area contributed by atoms with Crippen molar-refractivity contribution in [1.29, 1.82) is 0 Å². The fourth-order valence-electron chi connectivity index (χ4n) is 2.89. The molecule has 1 aromatic carbocycles. The molecule has 0 aliphatic rings. The number of esters is 1. The number of carbonyl (C=O) groups excluding carboxylic acids is 3. The van der Waals surface area contributed by atoms with Gasteiger partial charge >= 0.3 is 12.1 Å². The molecule has 1 rings (SSSR count). The smallest absolute Gasteiger partial charge is 0.408 e. The summed E-state index contributed by atoms with van der Waals surface area (Å²) in [6.45, 7) is 8.80. The number of alkyl carbamates (subject to hydrolysis) is 1. The summed E-state index contributed by atoms with van der Waals surface area (Å²) in [7, 11) is 4.42. The maximum absolute atomic E-state index is 12.6. The second kappa shape index (κ2) is 13.6. The van der Waals surface area contributed by atoms with Gasteiger partial charge in [0.15, 0.2) is 0 Å². The van der Waals surface area contributed by atoms with Crippen molar-refractivity contribution in [3.05, 3.63) is 17.7 Å². The van der Waals surface area contributed by atoms with Gasteiger partial charge in [0, 0.05) is 18.6 Å². The van der Waals surface area contributed by atoms with Crippen molar-refractivity contribution >= 4 is 18.0 Å². The van der Waals surface area contributed by atoms with E-state index in [1.165, 1.54) is 21.3 Å². The predicted molar refractivity (Wildman–Crippen MR) is 128 cm³/mol. The van der Waals surface area contributed by atoms with E-state index in [-0.39, 0.29) is 19.1 Å². The Labute approximate surface area is 206 Å². The SMILES string of the molecule is COc1cc(OC)c(CNC(=O)[C@H](O)C[C@H](NC(=O)OC(C)(C)C)C(=O)OCC(C)C)c(OC)c1. The lowest BCUT2D eigenvalue weighted by Gasteiger charge is -2.24. The van der Waals surface area contributed by atoms with Gasteiger partial charge in [-0.1, -0.05) is 13.8 Å². The van der Waals surface area contributed by atoms with Crippen LogP contribution < -0.4 is 24.8 Å². The Hall–Kier alpha value is -3.21. The number of hydrogen-bond acceptors (Lipinski definition) is 9. The molecule has 198 valence electrons. The van der Waals surface area contributed by atoms with Gasteiger partial charge in [-0.3, -0.25) is 4.79 Å². The number of nitrogens with one attached hydrogen (secondary N) is 2. The van der Waals surface area contributed by atoms with E-state index in [2.05, 4.69) is 10.6 Å². The van der Waals surface area contributed by atoms with Gasteiger partial charge in [-0.05, 0) is 26.7 Å². The van der Waals surface area contributed by atoms with Crippen molar-refractivity contribution in [1.82, 2.24) is 10.6 Å². The van der Waals surface area contributed by atoms with Gasteiger partial charge in [-0.2, -0.15) is 0 Å². The van der Waals surface area contributed by atoms with E-state index >= 15 is 0 Å². The molecule has 2 amide bonds. The van der Waals surface area contributed by atoms with Crippen LogP contribution in [0.5, 0.6) is 17.2 Å². The Bertz CT molecular complexity index is 840. The third-order valence-corrected chi connectivity index (χ3v) is 4.55. The first-order valence-corrected chi connectivity index (χ1v) is 11.2. The molecule has 0 saturated carbocycles. The Morgan fingerprint density at radius 1 is 1.00 bits per heavy atom. The van der Waals surface area contributed by atoms with Crippen LogP contribution in [0.15, 0.2) is 12.1 Å². The highest BCUT2D eigenvalue weighted by molar-refractivity contribution is 5.85. The summed E-state index contributed by atoms with van der Waals surface area (Å²) < 4.78 is 26.3. The van der Waals surface area contributed by atoms with Gasteiger partial charge < -0.3 is 39.4 Å². The average Bonchev–Trinajstić information content (AvgIpc) is 2.78. The van der Waals surface area contributed by atoms with Gasteiger partial charge in [0.25, 0.3) is 0 Å². The zero-order valence-corrected chi connectivity index (χ0v) is 21.7. The molecule has 0 saturated heterocycles. The third kappa shape index (κ3) is 10.3. The van der Waals surface area contributed by atoms with E-state index in [1.54, 1.807) is 32.9 Å². The summed E-state index contributed by atoms with van der Waals surface area (Å²) in [5, 5.41) is 15.4. The van der Waals surface area contributed by atoms with Crippen LogP contribution in [-0.4, -0.2) is 68.8 Å². The number of benzene rings is 1. The number of ether oxygens (including phenoxy) is 5. The molecule has 0 unspecified atom stereocenters. The number of methoxy groups -OCH3 is 3. The highest BCUT2D eigenvalue weighted by Gasteiger charge is 2.30. The van der Waals surface area contributed by atoms with Crippen molar-refractivity contribution in [3.63, 3.8) is 0 Å². The number of carbonyl (C=O) groups is 3. The molecule has 0 aliphatic carbocycles. The highest BCUT2D eigenvalue weighted by Crippen LogP contribution is 2.33. The molecular weight excluding hydrogens is 460 g/mol. The molecule has 0 aliphatic heterocycles. The first kappa shape index (κ1) is 29.8. The molecule has 35 heavy (non-hydrogen) atoms. The minimum Gasteiger partial charge on any atom is -0.496 e. The van der Waals surface area contributed by atoms with Crippen LogP contribution in [-0.2, 0) is 25.6 Å². The van der Waals surface area contributed by atoms with E-state index in [0.29, 0.717) is 22.8 Å². The number of amides is 2. The number of aliphatic hydroxyl groups is 1. The first-order chi connectivity index (χ1) is 16.3. The second-order valence-corrected chi connectivity index (χ2v) is 9.20. The summed E-state index contributed by atoms with van der Waals surface area (Å²) in [6.07, 6.45) is -2.92. The largest absolute Gasteiger partial charge is 0.496 e. The summed E-state index contributed by atoms with van der Waals surface area (Å²) >= 11 is 0. The number of aliphatic hydroxyl groups excluding tert-OH is 1. The molecule has 0 fully saturated rings. The Morgan fingerprint density at radius 2 is 1.57 bits per heavy atom. The van der Waals surface area contributed by atoms with Crippen LogP contribution in [0.1, 0.15) is 46.6 Å². The van der Waals surface area contributed by atoms with Crippen LogP contribution in [0.3, 0.4) is 0 Å². The summed E-state index contributed by atoms with van der Waals surface area (Å²) in [6, 6.07) is 1.96. The lowest BCUT2D eigenvalue weighted by atomic mass is 10.1. The molecular formula is C24H38N2O9. The third-order valence-electron chi connectivity index (χ3n) is 4.55. The van der Waals surface area contributed by atoms with Crippen molar-refractivity contribution in [2.45, 2.75) is 65.3 Å². The molecule has 0 radical (unpaired) electrons. The lowest BCUT2D eigenvalue weighted by Crippen LogP contribution is -2.48. The topological polar surface area (TPSA) is 142 Å². The molecule has 0 spiro atoms. The summed E-state index contributed by atoms with van der Waals surface area (Å²) in [5.74, 6) is -0.156. The van der Waals surface area contributed by atoms with Gasteiger partial charge in [0.05, 0.1) is 40.0 Å². The minimum atomic E-state index is -1.63. The normalized spacial score (nSPS) is 12.9. The van der Waals surface area contributed by atoms with Crippen molar-refractivity contribution in [2.75, 3.05) is 27.9 Å². The molecule has 1 aromatic rings. The van der Waals surface area contributed by atoms with Gasteiger partial charge in [-0.15, -0.1) is 0 Å². The standard InChI is InChI=1S/C24H38N2O9/c1-14(2)13-34-22(29)17(26-23(30)35-24(3,4)5)11-18(27)21(28)25-12-16-19(32-7)9-15(31-6)10-20(16)33-8/h9-10,14,17-18,27H,11-13H2,1-8H3,(H,25,28)(H,26,30)/t17-,18+/m0/s1. The fourth-order valence-corrected chi connectivity index (χ4v) is 2.89. The van der Waals surface area contributed by atoms with E-state index in [1.807, 2.05) is 13.8 Å². The Balaban J connectivity index is 2.93. The van der Waals surface area contributed by atoms with Crippen LogP contribution in [0, 0.1) is 5.92 Å². The van der Waals surface area contributed by atoms with E-state index in [9.17, 15) is 19.5 Å². The molecule has 0 heterocycles. The number of hydrogen-bond donors (Lipinski definition) is 3. The molecule has 2 atom stereocenters. The Kier molecular flexibility index (Phi) is 11.6. The van der Waals surface area contributed by atoms with E-state index < -0.39 is 42.1 Å². The highest BCUT2D eigenvalue weighted by atomic mass is 16.6. The zero-order chi connectivity index (χ0) is 26.8. The van der Waals surface area contributed by atoms with Crippen LogP contribution >= 0.6 is 0 Å². The first-order valence-electron chi connectivity index (χ1n) is 11.2. The van der Waals surface area contributed by atoms with Crippen molar-refractivity contribution in [2.24, 2.45) is 5.92 Å². The van der Waals surface area contributed by atoms with Crippen molar-refractivity contribution < 1.29 is 43.2 Å². The average molecular weight is 499 g/mol. The Morgan fingerprint density at radius 3 is 2.03 bits per heavy atom. The second-order valence-electron chi connectivity index (χ2n) is 9.20. The number of rotatable bonds is 12. The summed E-state index contributed by atoms with van der Waals surface area (Å²) in [4.78, 5) is 37.4. The predicted octanol–water partition coefficient (Wildman–Crippen LogP) is 2.17. The minimum absolute atomic E-state index is 0.0335. The monoisotopic (exact) mass is 498 g/mol. The summed E-state index contributed by atoms with van der Waals surface area (Å²) in [5.41, 5.74) is -0.278. The van der Waals surface area contributed by atoms with Gasteiger partial charge in [0.2, 0.25) is 5.91 Å². The van der Waals surface area contributed by atoms with Crippen LogP contribution in [0.2, 0.25) is 0 Å². The molecule has 11 heteroatoms. The van der Waals surface area contributed by atoms with Crippen LogP contribution in [0.4, 0.5) is 4.79 Å². The van der Waals surface area contributed by atoms with Gasteiger partial charge in [0.1, 0.15) is 35.0 Å². The molecule has 11 nitrogen and oxygen atoms in total. The van der Waals surface area contributed by atoms with Crippen molar-refractivity contribution in [3.8, 4) is 17.2 Å². The van der Waals surface area contributed by atoms with Crippen LogP contribution in [0.25, 0.3) is 0 Å². The van der Waals surface area contributed by atoms with Gasteiger partial charge in [-0.25, -0.2) is 9.59 Å². The maximum Gasteiger partial charge on any atom is 0.408 e. The fraction of sp³-hybridized carbons (Fsp3) is 0.625. The molecule has 0 aromatic heterocycles. The van der Waals surface area contributed by atoms with E-state index in [0.717, 1.165) is 0 Å². The molecule has 3 N–H and O–H groups in total.